The highest BCUT2D eigenvalue weighted by molar-refractivity contribution is 9.10. The highest BCUT2D eigenvalue weighted by Gasteiger charge is 2.05. The molecule has 1 aromatic carbocycles. The maximum atomic E-state index is 13.3. The lowest BCUT2D eigenvalue weighted by Gasteiger charge is -2.04. The highest BCUT2D eigenvalue weighted by atomic mass is 79.9. The molecule has 0 fully saturated rings. The Labute approximate surface area is 90.1 Å². The number of nitrogens with zero attached hydrogens (tertiary/aromatic N) is 1. The van der Waals surface area contributed by atoms with Crippen molar-refractivity contribution in [2.75, 3.05) is 0 Å². The lowest BCUT2D eigenvalue weighted by molar-refractivity contribution is 0.623. The number of hydrogen-bond acceptors (Lipinski definition) is 1. The van der Waals surface area contributed by atoms with E-state index in [0.29, 0.717) is 4.47 Å². The molecule has 1 aromatic heterocycles. The van der Waals surface area contributed by atoms with E-state index in [2.05, 4.69) is 20.9 Å². The molecule has 0 aliphatic heterocycles. The number of pyridine rings is 1. The van der Waals surface area contributed by atoms with Crippen LogP contribution in [-0.2, 0) is 0 Å². The number of benzene rings is 1. The van der Waals surface area contributed by atoms with Crippen molar-refractivity contribution in [2.45, 2.75) is 13.8 Å². The van der Waals surface area contributed by atoms with E-state index in [0.717, 1.165) is 22.2 Å². The summed E-state index contributed by atoms with van der Waals surface area (Å²) in [5, 5.41) is 0.872. The molecule has 0 amide bonds. The van der Waals surface area contributed by atoms with Gasteiger partial charge in [0.25, 0.3) is 0 Å². The molecule has 0 spiro atoms. The zero-order chi connectivity index (χ0) is 10.3. The molecule has 2 aromatic rings. The van der Waals surface area contributed by atoms with Crippen molar-refractivity contribution in [2.24, 2.45) is 0 Å². The van der Waals surface area contributed by atoms with E-state index in [1.165, 1.54) is 6.07 Å². The first-order valence-corrected chi connectivity index (χ1v) is 5.10. The summed E-state index contributed by atoms with van der Waals surface area (Å²) in [6, 6.07) is 5.18. The molecule has 14 heavy (non-hydrogen) atoms. The smallest absolute Gasteiger partial charge is 0.138 e. The summed E-state index contributed by atoms with van der Waals surface area (Å²) in [6.07, 6.45) is 0. The van der Waals surface area contributed by atoms with Gasteiger partial charge in [0.15, 0.2) is 0 Å². The second-order valence-electron chi connectivity index (χ2n) is 3.36. The van der Waals surface area contributed by atoms with Gasteiger partial charge in [-0.1, -0.05) is 0 Å². The summed E-state index contributed by atoms with van der Waals surface area (Å²) in [5.41, 5.74) is 2.84. The molecule has 2 rings (SSSR count). The molecular formula is C11H9BrFN. The third kappa shape index (κ3) is 1.52. The van der Waals surface area contributed by atoms with Gasteiger partial charge in [0.1, 0.15) is 5.82 Å². The van der Waals surface area contributed by atoms with E-state index in [-0.39, 0.29) is 5.82 Å². The van der Waals surface area contributed by atoms with Gasteiger partial charge in [-0.25, -0.2) is 4.39 Å². The minimum absolute atomic E-state index is 0.244. The van der Waals surface area contributed by atoms with E-state index in [1.807, 2.05) is 19.9 Å². The van der Waals surface area contributed by atoms with Crippen molar-refractivity contribution in [3.8, 4) is 0 Å². The van der Waals surface area contributed by atoms with E-state index in [4.69, 9.17) is 0 Å². The second kappa shape index (κ2) is 3.31. The fourth-order valence-electron chi connectivity index (χ4n) is 1.56. The zero-order valence-electron chi connectivity index (χ0n) is 7.94. The molecule has 72 valence electrons. The molecule has 0 aliphatic carbocycles. The van der Waals surface area contributed by atoms with Gasteiger partial charge in [0.2, 0.25) is 0 Å². The Bertz CT molecular complexity index is 508. The van der Waals surface area contributed by atoms with Crippen LogP contribution in [0.25, 0.3) is 10.9 Å². The Balaban J connectivity index is 2.89. The van der Waals surface area contributed by atoms with E-state index in [9.17, 15) is 4.39 Å². The lowest BCUT2D eigenvalue weighted by Crippen LogP contribution is -1.89. The third-order valence-electron chi connectivity index (χ3n) is 2.19. The fraction of sp³-hybridized carbons (Fsp3) is 0.182. The summed E-state index contributed by atoms with van der Waals surface area (Å²) in [7, 11) is 0. The predicted molar refractivity (Wildman–Crippen MR) is 58.9 cm³/mol. The molecule has 0 aliphatic rings. The van der Waals surface area contributed by atoms with E-state index in [1.54, 1.807) is 6.07 Å². The predicted octanol–water partition coefficient (Wildman–Crippen LogP) is 3.75. The van der Waals surface area contributed by atoms with Crippen LogP contribution in [0.4, 0.5) is 4.39 Å². The average molecular weight is 254 g/mol. The summed E-state index contributed by atoms with van der Waals surface area (Å²) in [6.45, 7) is 3.90. The summed E-state index contributed by atoms with van der Waals surface area (Å²) in [4.78, 5) is 4.34. The van der Waals surface area contributed by atoms with Gasteiger partial charge in [0, 0.05) is 11.1 Å². The lowest BCUT2D eigenvalue weighted by atomic mass is 10.1. The van der Waals surface area contributed by atoms with Crippen molar-refractivity contribution in [3.63, 3.8) is 0 Å². The van der Waals surface area contributed by atoms with Gasteiger partial charge in [-0.2, -0.15) is 0 Å². The molecule has 3 heteroatoms. The van der Waals surface area contributed by atoms with Crippen LogP contribution in [-0.4, -0.2) is 4.98 Å². The molecule has 1 nitrogen and oxygen atoms in total. The minimum atomic E-state index is -0.244. The second-order valence-corrected chi connectivity index (χ2v) is 4.22. The number of rotatable bonds is 0. The Morgan fingerprint density at radius 3 is 2.64 bits per heavy atom. The van der Waals surface area contributed by atoms with Crippen LogP contribution >= 0.6 is 15.9 Å². The van der Waals surface area contributed by atoms with Crippen LogP contribution in [0, 0.1) is 19.7 Å². The van der Waals surface area contributed by atoms with Crippen LogP contribution in [0.3, 0.4) is 0 Å². The fourth-order valence-corrected chi connectivity index (χ4v) is 1.89. The number of fused-ring (bicyclic) bond motifs is 1. The largest absolute Gasteiger partial charge is 0.253 e. The topological polar surface area (TPSA) is 12.9 Å². The maximum Gasteiger partial charge on any atom is 0.138 e. The van der Waals surface area contributed by atoms with Crippen LogP contribution in [0.5, 0.6) is 0 Å². The van der Waals surface area contributed by atoms with Crippen molar-refractivity contribution in [1.82, 2.24) is 4.98 Å². The minimum Gasteiger partial charge on any atom is -0.253 e. The molecule has 0 unspecified atom stereocenters. The van der Waals surface area contributed by atoms with Crippen LogP contribution in [0.2, 0.25) is 0 Å². The highest BCUT2D eigenvalue weighted by Crippen LogP contribution is 2.24. The first kappa shape index (κ1) is 9.59. The molecule has 0 N–H and O–H groups in total. The standard InChI is InChI=1S/C11H9BrFN/c1-6-3-7(2)14-11-5-9(12)10(13)4-8(6)11/h3-5H,1-2H3. The van der Waals surface area contributed by atoms with Crippen LogP contribution in [0.1, 0.15) is 11.3 Å². The molecule has 1 heterocycles. The number of halogens is 2. The first-order valence-electron chi connectivity index (χ1n) is 4.31. The third-order valence-corrected chi connectivity index (χ3v) is 2.79. The van der Waals surface area contributed by atoms with Crippen molar-refractivity contribution in [1.29, 1.82) is 0 Å². The summed E-state index contributed by atoms with van der Waals surface area (Å²) in [5.74, 6) is -0.244. The normalized spacial score (nSPS) is 10.9. The van der Waals surface area contributed by atoms with Crippen molar-refractivity contribution < 1.29 is 4.39 Å². The van der Waals surface area contributed by atoms with Gasteiger partial charge >= 0.3 is 0 Å². The SMILES string of the molecule is Cc1cc(C)c2cc(F)c(Br)cc2n1. The Morgan fingerprint density at radius 2 is 1.93 bits per heavy atom. The number of hydrogen-bond donors (Lipinski definition) is 0. The van der Waals surface area contributed by atoms with Gasteiger partial charge in [-0.15, -0.1) is 0 Å². The molecule has 0 atom stereocenters. The quantitative estimate of drug-likeness (QED) is 0.697. The Hall–Kier alpha value is -0.960. The maximum absolute atomic E-state index is 13.3. The van der Waals surface area contributed by atoms with Crippen molar-refractivity contribution in [3.05, 3.63) is 39.7 Å². The van der Waals surface area contributed by atoms with Crippen molar-refractivity contribution >= 4 is 26.8 Å². The van der Waals surface area contributed by atoms with E-state index >= 15 is 0 Å². The molecule has 0 radical (unpaired) electrons. The van der Waals surface area contributed by atoms with E-state index < -0.39 is 0 Å². The first-order chi connectivity index (χ1) is 6.58. The Kier molecular flexibility index (Phi) is 2.27. The molecule has 0 bridgehead atoms. The summed E-state index contributed by atoms with van der Waals surface area (Å²) >= 11 is 3.15. The monoisotopic (exact) mass is 253 g/mol. The zero-order valence-corrected chi connectivity index (χ0v) is 9.52. The van der Waals surface area contributed by atoms with Gasteiger partial charge in [-0.05, 0) is 53.5 Å². The summed E-state index contributed by atoms with van der Waals surface area (Å²) < 4.78 is 13.7. The molecular weight excluding hydrogens is 245 g/mol. The molecule has 0 saturated carbocycles. The molecule has 0 saturated heterocycles. The average Bonchev–Trinajstić information content (AvgIpc) is 2.08. The number of aryl methyl sites for hydroxylation is 2. The van der Waals surface area contributed by atoms with Gasteiger partial charge in [0.05, 0.1) is 9.99 Å². The van der Waals surface area contributed by atoms with Gasteiger partial charge < -0.3 is 0 Å². The number of aromatic nitrogens is 1. The Morgan fingerprint density at radius 1 is 1.21 bits per heavy atom. The van der Waals surface area contributed by atoms with Crippen LogP contribution in [0.15, 0.2) is 22.7 Å². The van der Waals surface area contributed by atoms with Gasteiger partial charge in [-0.3, -0.25) is 4.98 Å². The van der Waals surface area contributed by atoms with Crippen LogP contribution < -0.4 is 0 Å².